The van der Waals surface area contributed by atoms with Crippen LogP contribution in [0.1, 0.15) is 32.8 Å². The van der Waals surface area contributed by atoms with E-state index in [4.69, 9.17) is 5.73 Å². The van der Waals surface area contributed by atoms with Gasteiger partial charge in [0, 0.05) is 12.6 Å². The Morgan fingerprint density at radius 3 is 2.44 bits per heavy atom. The standard InChI is InChI=1S/C13H21FN2/c1-6-13(3,4)16(5)12-7-9(2)10(14)8-11(12)15/h7-8H,6,15H2,1-5H3. The van der Waals surface area contributed by atoms with Gasteiger partial charge in [0.25, 0.3) is 0 Å². The molecule has 0 radical (unpaired) electrons. The van der Waals surface area contributed by atoms with Crippen LogP contribution in [0.5, 0.6) is 0 Å². The topological polar surface area (TPSA) is 29.3 Å². The van der Waals surface area contributed by atoms with Crippen molar-refractivity contribution in [3.05, 3.63) is 23.5 Å². The first-order valence-electron chi connectivity index (χ1n) is 5.59. The van der Waals surface area contributed by atoms with E-state index in [1.165, 1.54) is 6.07 Å². The zero-order valence-corrected chi connectivity index (χ0v) is 10.8. The van der Waals surface area contributed by atoms with Crippen molar-refractivity contribution in [1.82, 2.24) is 0 Å². The second-order valence-corrected chi connectivity index (χ2v) is 4.89. The second-order valence-electron chi connectivity index (χ2n) is 4.89. The van der Waals surface area contributed by atoms with E-state index in [0.717, 1.165) is 12.1 Å². The van der Waals surface area contributed by atoms with Gasteiger partial charge in [-0.3, -0.25) is 0 Å². The Morgan fingerprint density at radius 1 is 1.38 bits per heavy atom. The number of hydrogen-bond acceptors (Lipinski definition) is 2. The van der Waals surface area contributed by atoms with Crippen LogP contribution in [0.25, 0.3) is 0 Å². The predicted octanol–water partition coefficient (Wildman–Crippen LogP) is 3.34. The van der Waals surface area contributed by atoms with E-state index in [9.17, 15) is 4.39 Å². The van der Waals surface area contributed by atoms with Crippen molar-refractivity contribution in [1.29, 1.82) is 0 Å². The molecule has 0 aliphatic rings. The molecule has 0 bridgehead atoms. The molecule has 1 rings (SSSR count). The molecule has 0 saturated heterocycles. The number of benzene rings is 1. The molecule has 0 aromatic heterocycles. The summed E-state index contributed by atoms with van der Waals surface area (Å²) in [6.45, 7) is 8.17. The van der Waals surface area contributed by atoms with E-state index >= 15 is 0 Å². The number of nitrogen functional groups attached to an aromatic ring is 1. The Kier molecular flexibility index (Phi) is 3.46. The quantitative estimate of drug-likeness (QED) is 0.798. The van der Waals surface area contributed by atoms with Crippen molar-refractivity contribution in [2.24, 2.45) is 0 Å². The summed E-state index contributed by atoms with van der Waals surface area (Å²) in [6, 6.07) is 3.20. The van der Waals surface area contributed by atoms with Crippen LogP contribution in [0.3, 0.4) is 0 Å². The Labute approximate surface area is 97.3 Å². The molecule has 2 nitrogen and oxygen atoms in total. The van der Waals surface area contributed by atoms with Gasteiger partial charge >= 0.3 is 0 Å². The van der Waals surface area contributed by atoms with Crippen LogP contribution in [0.2, 0.25) is 0 Å². The molecule has 2 N–H and O–H groups in total. The van der Waals surface area contributed by atoms with Crippen molar-refractivity contribution < 1.29 is 4.39 Å². The molecule has 0 amide bonds. The molecule has 0 spiro atoms. The van der Waals surface area contributed by atoms with Crippen molar-refractivity contribution in [2.45, 2.75) is 39.7 Å². The number of rotatable bonds is 3. The van der Waals surface area contributed by atoms with E-state index in [1.807, 2.05) is 13.1 Å². The van der Waals surface area contributed by atoms with E-state index in [1.54, 1.807) is 6.92 Å². The van der Waals surface area contributed by atoms with Gasteiger partial charge in [-0.2, -0.15) is 0 Å². The third-order valence-electron chi connectivity index (χ3n) is 3.44. The fourth-order valence-corrected chi connectivity index (χ4v) is 1.54. The van der Waals surface area contributed by atoms with Gasteiger partial charge < -0.3 is 10.6 Å². The Balaban J connectivity index is 3.19. The Hall–Kier alpha value is -1.25. The molecule has 3 heteroatoms. The molecule has 16 heavy (non-hydrogen) atoms. The van der Waals surface area contributed by atoms with Crippen molar-refractivity contribution in [2.75, 3.05) is 17.7 Å². The summed E-state index contributed by atoms with van der Waals surface area (Å²) in [5, 5.41) is 0. The fraction of sp³-hybridized carbons (Fsp3) is 0.538. The Bertz CT molecular complexity index is 386. The maximum absolute atomic E-state index is 13.3. The molecule has 0 fully saturated rings. The first-order valence-corrected chi connectivity index (χ1v) is 5.59. The van der Waals surface area contributed by atoms with E-state index in [2.05, 4.69) is 25.7 Å². The maximum Gasteiger partial charge on any atom is 0.128 e. The zero-order valence-electron chi connectivity index (χ0n) is 10.8. The number of aryl methyl sites for hydroxylation is 1. The molecule has 0 atom stereocenters. The minimum Gasteiger partial charge on any atom is -0.397 e. The van der Waals surface area contributed by atoms with Crippen LogP contribution in [0, 0.1) is 12.7 Å². The third kappa shape index (κ3) is 2.29. The number of nitrogens with two attached hydrogens (primary N) is 1. The normalized spacial score (nSPS) is 11.6. The molecule has 90 valence electrons. The second kappa shape index (κ2) is 4.32. The van der Waals surface area contributed by atoms with Gasteiger partial charge in [0.05, 0.1) is 11.4 Å². The molecule has 0 heterocycles. The van der Waals surface area contributed by atoms with Gasteiger partial charge in [-0.05, 0) is 44.9 Å². The summed E-state index contributed by atoms with van der Waals surface area (Å²) in [6.07, 6.45) is 0.999. The van der Waals surface area contributed by atoms with Crippen LogP contribution in [0.4, 0.5) is 15.8 Å². The van der Waals surface area contributed by atoms with Crippen LogP contribution < -0.4 is 10.6 Å². The minimum absolute atomic E-state index is 0.0123. The lowest BCUT2D eigenvalue weighted by Crippen LogP contribution is -2.41. The van der Waals surface area contributed by atoms with E-state index in [-0.39, 0.29) is 11.4 Å². The fourth-order valence-electron chi connectivity index (χ4n) is 1.54. The molecular formula is C13H21FN2. The van der Waals surface area contributed by atoms with E-state index in [0.29, 0.717) is 11.3 Å². The average Bonchev–Trinajstić information content (AvgIpc) is 2.22. The third-order valence-corrected chi connectivity index (χ3v) is 3.44. The van der Waals surface area contributed by atoms with Crippen LogP contribution in [-0.4, -0.2) is 12.6 Å². The molecule has 0 saturated carbocycles. The predicted molar refractivity (Wildman–Crippen MR) is 68.3 cm³/mol. The van der Waals surface area contributed by atoms with Gasteiger partial charge in [-0.1, -0.05) is 6.92 Å². The highest BCUT2D eigenvalue weighted by Crippen LogP contribution is 2.31. The number of halogens is 1. The molecule has 0 aliphatic heterocycles. The summed E-state index contributed by atoms with van der Waals surface area (Å²) in [4.78, 5) is 2.11. The number of hydrogen-bond donors (Lipinski definition) is 1. The monoisotopic (exact) mass is 224 g/mol. The number of anilines is 2. The Morgan fingerprint density at radius 2 is 1.94 bits per heavy atom. The van der Waals surface area contributed by atoms with Crippen LogP contribution in [-0.2, 0) is 0 Å². The number of nitrogens with zero attached hydrogens (tertiary/aromatic N) is 1. The molecular weight excluding hydrogens is 203 g/mol. The maximum atomic E-state index is 13.3. The van der Waals surface area contributed by atoms with Gasteiger partial charge in [-0.15, -0.1) is 0 Å². The van der Waals surface area contributed by atoms with E-state index < -0.39 is 0 Å². The summed E-state index contributed by atoms with van der Waals surface area (Å²) < 4.78 is 13.3. The minimum atomic E-state index is -0.246. The van der Waals surface area contributed by atoms with Crippen molar-refractivity contribution >= 4 is 11.4 Å². The first-order chi connectivity index (χ1) is 7.29. The highest BCUT2D eigenvalue weighted by Gasteiger charge is 2.23. The van der Waals surface area contributed by atoms with Gasteiger partial charge in [0.1, 0.15) is 5.82 Å². The summed E-state index contributed by atoms with van der Waals surface area (Å²) in [5.74, 6) is -0.246. The van der Waals surface area contributed by atoms with Gasteiger partial charge in [0.15, 0.2) is 0 Å². The lowest BCUT2D eigenvalue weighted by atomic mass is 9.98. The summed E-state index contributed by atoms with van der Waals surface area (Å²) in [5.41, 5.74) is 7.89. The lowest BCUT2D eigenvalue weighted by molar-refractivity contribution is 0.471. The van der Waals surface area contributed by atoms with Gasteiger partial charge in [0.2, 0.25) is 0 Å². The molecule has 0 aliphatic carbocycles. The highest BCUT2D eigenvalue weighted by molar-refractivity contribution is 5.69. The highest BCUT2D eigenvalue weighted by atomic mass is 19.1. The molecule has 1 aromatic rings. The largest absolute Gasteiger partial charge is 0.397 e. The first kappa shape index (κ1) is 12.8. The zero-order chi connectivity index (χ0) is 12.5. The molecule has 1 aromatic carbocycles. The summed E-state index contributed by atoms with van der Waals surface area (Å²) >= 11 is 0. The smallest absolute Gasteiger partial charge is 0.128 e. The van der Waals surface area contributed by atoms with Gasteiger partial charge in [-0.25, -0.2) is 4.39 Å². The van der Waals surface area contributed by atoms with Crippen LogP contribution in [0.15, 0.2) is 12.1 Å². The lowest BCUT2D eigenvalue weighted by Gasteiger charge is -2.37. The molecule has 0 unspecified atom stereocenters. The van der Waals surface area contributed by atoms with Crippen LogP contribution >= 0.6 is 0 Å². The van der Waals surface area contributed by atoms with Crippen molar-refractivity contribution in [3.63, 3.8) is 0 Å². The van der Waals surface area contributed by atoms with Crippen molar-refractivity contribution in [3.8, 4) is 0 Å². The summed E-state index contributed by atoms with van der Waals surface area (Å²) in [7, 11) is 1.99. The SMILES string of the molecule is CCC(C)(C)N(C)c1cc(C)c(F)cc1N. The average molecular weight is 224 g/mol.